The summed E-state index contributed by atoms with van der Waals surface area (Å²) in [7, 11) is 0. The van der Waals surface area contributed by atoms with Gasteiger partial charge in [0.05, 0.1) is 34.3 Å². The van der Waals surface area contributed by atoms with E-state index in [-0.39, 0.29) is 41.6 Å². The molecule has 9 heteroatoms. The smallest absolute Gasteiger partial charge is 0.338 e. The van der Waals surface area contributed by atoms with E-state index < -0.39 is 22.7 Å². The van der Waals surface area contributed by atoms with Crippen LogP contribution in [0.15, 0.2) is 42.5 Å². The predicted octanol–water partition coefficient (Wildman–Crippen LogP) is 2.73. The van der Waals surface area contributed by atoms with Gasteiger partial charge in [-0.05, 0) is 48.7 Å². The fourth-order valence-corrected chi connectivity index (χ4v) is 3.52. The molecule has 0 aromatic heterocycles. The molecule has 0 bridgehead atoms. The van der Waals surface area contributed by atoms with Gasteiger partial charge in [-0.2, -0.15) is 0 Å². The fraction of sp³-hybridized carbons (Fsp3) is 0.286. The average Bonchev–Trinajstić information content (AvgIpc) is 3.35. The minimum atomic E-state index is -0.658. The Morgan fingerprint density at radius 1 is 1.13 bits per heavy atom. The Labute approximate surface area is 171 Å². The zero-order chi connectivity index (χ0) is 21.3. The van der Waals surface area contributed by atoms with Gasteiger partial charge in [-0.3, -0.25) is 24.6 Å². The van der Waals surface area contributed by atoms with Crippen LogP contribution in [0.25, 0.3) is 0 Å². The number of carbonyl (C=O) groups is 3. The van der Waals surface area contributed by atoms with E-state index in [4.69, 9.17) is 9.47 Å². The zero-order valence-electron chi connectivity index (χ0n) is 15.9. The Balaban J connectivity index is 1.43. The lowest BCUT2D eigenvalue weighted by Gasteiger charge is -2.17. The molecule has 9 nitrogen and oxygen atoms in total. The highest BCUT2D eigenvalue weighted by atomic mass is 16.6. The molecular formula is C21H18N2O7. The van der Waals surface area contributed by atoms with Crippen molar-refractivity contribution in [3.8, 4) is 0 Å². The molecule has 2 aromatic carbocycles. The normalized spacial score (nSPS) is 17.9. The van der Waals surface area contributed by atoms with Crippen LogP contribution in [0.2, 0.25) is 0 Å². The van der Waals surface area contributed by atoms with E-state index in [1.807, 2.05) is 0 Å². The van der Waals surface area contributed by atoms with Gasteiger partial charge in [-0.1, -0.05) is 0 Å². The number of ether oxygens (including phenoxy) is 2. The number of carbonyl (C=O) groups excluding carboxylic acids is 3. The number of nitro benzene ring substituents is 1. The van der Waals surface area contributed by atoms with Crippen molar-refractivity contribution in [2.45, 2.75) is 25.6 Å². The number of fused-ring (bicyclic) bond motifs is 1. The second-order valence-corrected chi connectivity index (χ2v) is 7.12. The summed E-state index contributed by atoms with van der Waals surface area (Å²) in [5.41, 5.74) is 1.10. The number of imide groups is 1. The predicted molar refractivity (Wildman–Crippen MR) is 103 cm³/mol. The number of rotatable bonds is 6. The number of hydrogen-bond acceptors (Lipinski definition) is 7. The molecule has 30 heavy (non-hydrogen) atoms. The Morgan fingerprint density at radius 3 is 2.53 bits per heavy atom. The van der Waals surface area contributed by atoms with E-state index in [0.29, 0.717) is 12.2 Å². The first-order valence-corrected chi connectivity index (χ1v) is 9.46. The maximum Gasteiger partial charge on any atom is 0.338 e. The van der Waals surface area contributed by atoms with Crippen LogP contribution in [0.5, 0.6) is 0 Å². The molecule has 2 heterocycles. The van der Waals surface area contributed by atoms with Crippen LogP contribution >= 0.6 is 0 Å². The van der Waals surface area contributed by atoms with Crippen LogP contribution in [0.4, 0.5) is 5.69 Å². The van der Waals surface area contributed by atoms with Gasteiger partial charge in [0, 0.05) is 18.7 Å². The van der Waals surface area contributed by atoms with E-state index in [9.17, 15) is 24.5 Å². The minimum absolute atomic E-state index is 0.0561. The summed E-state index contributed by atoms with van der Waals surface area (Å²) in [5, 5.41) is 10.7. The quantitative estimate of drug-likeness (QED) is 0.311. The maximum atomic E-state index is 12.7. The molecule has 0 aliphatic carbocycles. The summed E-state index contributed by atoms with van der Waals surface area (Å²) >= 11 is 0. The number of benzene rings is 2. The molecule has 1 unspecified atom stereocenters. The highest BCUT2D eigenvalue weighted by Crippen LogP contribution is 2.26. The lowest BCUT2D eigenvalue weighted by Crippen LogP contribution is -2.36. The van der Waals surface area contributed by atoms with Crippen molar-refractivity contribution in [1.82, 2.24) is 4.90 Å². The molecule has 2 aliphatic heterocycles. The molecule has 2 aromatic rings. The number of esters is 1. The number of nitro groups is 1. The standard InChI is InChI=1S/C21H18N2O7/c24-19-17-8-5-14(10-18(17)20(25)22(19)11-16-2-1-9-29-16)21(26)30-12-13-3-6-15(7-4-13)23(27)28/h3-8,10,16H,1-2,9,11-12H2. The highest BCUT2D eigenvalue weighted by Gasteiger charge is 2.38. The minimum Gasteiger partial charge on any atom is -0.457 e. The third kappa shape index (κ3) is 3.79. The van der Waals surface area contributed by atoms with Gasteiger partial charge in [0.2, 0.25) is 0 Å². The van der Waals surface area contributed by atoms with E-state index in [0.717, 1.165) is 17.7 Å². The molecule has 2 amide bonds. The van der Waals surface area contributed by atoms with Gasteiger partial charge in [0.25, 0.3) is 17.5 Å². The van der Waals surface area contributed by atoms with E-state index >= 15 is 0 Å². The number of hydrogen-bond donors (Lipinski definition) is 0. The third-order valence-corrected chi connectivity index (χ3v) is 5.13. The summed E-state index contributed by atoms with van der Waals surface area (Å²) in [5.74, 6) is -1.50. The first-order chi connectivity index (χ1) is 14.4. The average molecular weight is 410 g/mol. The Morgan fingerprint density at radius 2 is 1.87 bits per heavy atom. The van der Waals surface area contributed by atoms with Crippen molar-refractivity contribution in [2.24, 2.45) is 0 Å². The molecular weight excluding hydrogens is 392 g/mol. The molecule has 1 saturated heterocycles. The van der Waals surface area contributed by atoms with Crippen LogP contribution < -0.4 is 0 Å². The molecule has 0 saturated carbocycles. The van der Waals surface area contributed by atoms with Crippen LogP contribution in [-0.2, 0) is 16.1 Å². The second kappa shape index (κ2) is 8.03. The lowest BCUT2D eigenvalue weighted by atomic mass is 10.1. The van der Waals surface area contributed by atoms with Crippen molar-refractivity contribution in [1.29, 1.82) is 0 Å². The topological polar surface area (TPSA) is 116 Å². The first kappa shape index (κ1) is 19.7. The Bertz CT molecular complexity index is 1030. The Hall–Kier alpha value is -3.59. The second-order valence-electron chi connectivity index (χ2n) is 7.12. The lowest BCUT2D eigenvalue weighted by molar-refractivity contribution is -0.384. The summed E-state index contributed by atoms with van der Waals surface area (Å²) in [6.45, 7) is 0.747. The summed E-state index contributed by atoms with van der Waals surface area (Å²) in [6.07, 6.45) is 1.55. The molecule has 0 N–H and O–H groups in total. The van der Waals surface area contributed by atoms with Crippen molar-refractivity contribution in [3.05, 3.63) is 74.8 Å². The summed E-state index contributed by atoms with van der Waals surface area (Å²) in [4.78, 5) is 48.9. The third-order valence-electron chi connectivity index (χ3n) is 5.13. The molecule has 2 aliphatic rings. The van der Waals surface area contributed by atoms with Gasteiger partial charge in [-0.15, -0.1) is 0 Å². The molecule has 4 rings (SSSR count). The molecule has 1 atom stereocenters. The SMILES string of the molecule is O=C(OCc1ccc([N+](=O)[O-])cc1)c1ccc2c(c1)C(=O)N(CC1CCCO1)C2=O. The van der Waals surface area contributed by atoms with Crippen molar-refractivity contribution in [2.75, 3.05) is 13.2 Å². The largest absolute Gasteiger partial charge is 0.457 e. The van der Waals surface area contributed by atoms with Crippen LogP contribution in [0, 0.1) is 10.1 Å². The zero-order valence-corrected chi connectivity index (χ0v) is 15.9. The van der Waals surface area contributed by atoms with E-state index in [2.05, 4.69) is 0 Å². The van der Waals surface area contributed by atoms with E-state index in [1.165, 1.54) is 42.5 Å². The van der Waals surface area contributed by atoms with Crippen molar-refractivity contribution >= 4 is 23.5 Å². The fourth-order valence-electron chi connectivity index (χ4n) is 3.52. The van der Waals surface area contributed by atoms with Gasteiger partial charge >= 0.3 is 5.97 Å². The van der Waals surface area contributed by atoms with Gasteiger partial charge in [-0.25, -0.2) is 4.79 Å². The van der Waals surface area contributed by atoms with Crippen molar-refractivity contribution in [3.63, 3.8) is 0 Å². The molecule has 0 spiro atoms. The summed E-state index contributed by atoms with van der Waals surface area (Å²) < 4.78 is 10.7. The highest BCUT2D eigenvalue weighted by molar-refractivity contribution is 6.22. The van der Waals surface area contributed by atoms with Crippen LogP contribution in [-0.4, -0.2) is 46.9 Å². The maximum absolute atomic E-state index is 12.7. The number of non-ortho nitro benzene ring substituents is 1. The monoisotopic (exact) mass is 410 g/mol. The van der Waals surface area contributed by atoms with Gasteiger partial charge in [0.1, 0.15) is 6.61 Å². The number of amides is 2. The first-order valence-electron chi connectivity index (χ1n) is 9.46. The van der Waals surface area contributed by atoms with E-state index in [1.54, 1.807) is 0 Å². The van der Waals surface area contributed by atoms with Crippen molar-refractivity contribution < 1.29 is 28.8 Å². The molecule has 0 radical (unpaired) electrons. The van der Waals surface area contributed by atoms with Gasteiger partial charge in [0.15, 0.2) is 0 Å². The van der Waals surface area contributed by atoms with Crippen LogP contribution in [0.1, 0.15) is 49.5 Å². The molecule has 1 fully saturated rings. The molecule has 154 valence electrons. The van der Waals surface area contributed by atoms with Crippen LogP contribution in [0.3, 0.4) is 0 Å². The summed E-state index contributed by atoms with van der Waals surface area (Å²) in [6, 6.07) is 9.91. The Kier molecular flexibility index (Phi) is 5.28. The number of nitrogens with zero attached hydrogens (tertiary/aromatic N) is 2. The van der Waals surface area contributed by atoms with Gasteiger partial charge < -0.3 is 9.47 Å².